The first-order chi connectivity index (χ1) is 8.70. The van der Waals surface area contributed by atoms with Gasteiger partial charge in [0.05, 0.1) is 0 Å². The minimum absolute atomic E-state index is 0.723. The molecule has 18 heavy (non-hydrogen) atoms. The quantitative estimate of drug-likeness (QED) is 0.697. The largest absolute Gasteiger partial charge is 0.440 e. The van der Waals surface area contributed by atoms with Gasteiger partial charge in [0.15, 0.2) is 11.5 Å². The Labute approximate surface area is 114 Å². The third-order valence-electron chi connectivity index (χ3n) is 2.86. The van der Waals surface area contributed by atoms with Crippen molar-refractivity contribution in [3.05, 3.63) is 64.0 Å². The molecule has 0 saturated heterocycles. The second kappa shape index (κ2) is 4.58. The van der Waals surface area contributed by atoms with Gasteiger partial charge in [-0.1, -0.05) is 34.1 Å². The molecule has 3 heteroatoms. The Morgan fingerprint density at radius 1 is 1.11 bits per heavy atom. The summed E-state index contributed by atoms with van der Waals surface area (Å²) in [4.78, 5) is 4.51. The van der Waals surface area contributed by atoms with E-state index in [1.165, 1.54) is 11.1 Å². The smallest absolute Gasteiger partial charge is 0.199 e. The first kappa shape index (κ1) is 11.5. The molecule has 0 bridgehead atoms. The minimum atomic E-state index is 0.723. The van der Waals surface area contributed by atoms with Crippen molar-refractivity contribution < 1.29 is 4.42 Å². The molecule has 0 saturated carbocycles. The fourth-order valence-corrected chi connectivity index (χ4v) is 2.20. The van der Waals surface area contributed by atoms with Crippen molar-refractivity contribution in [3.63, 3.8) is 0 Å². The number of aromatic nitrogens is 1. The first-order valence-corrected chi connectivity index (χ1v) is 6.60. The molecule has 1 heterocycles. The summed E-state index contributed by atoms with van der Waals surface area (Å²) in [7, 11) is 0. The van der Waals surface area contributed by atoms with Gasteiger partial charge in [-0.2, -0.15) is 0 Å². The average Bonchev–Trinajstić information content (AvgIpc) is 2.73. The number of halogens is 1. The van der Waals surface area contributed by atoms with Crippen LogP contribution in [-0.4, -0.2) is 4.98 Å². The van der Waals surface area contributed by atoms with Gasteiger partial charge in [-0.25, -0.2) is 4.98 Å². The van der Waals surface area contributed by atoms with E-state index in [2.05, 4.69) is 40.0 Å². The molecule has 0 spiro atoms. The summed E-state index contributed by atoms with van der Waals surface area (Å²) < 4.78 is 6.82. The van der Waals surface area contributed by atoms with Gasteiger partial charge in [-0.15, -0.1) is 0 Å². The number of rotatable bonds is 2. The second-order valence-corrected chi connectivity index (χ2v) is 5.30. The first-order valence-electron chi connectivity index (χ1n) is 5.81. The summed E-state index contributed by atoms with van der Waals surface area (Å²) in [5.74, 6) is 0.762. The van der Waals surface area contributed by atoms with Gasteiger partial charge in [0.25, 0.3) is 0 Å². The zero-order valence-corrected chi connectivity index (χ0v) is 11.6. The molecule has 0 aliphatic carbocycles. The summed E-state index contributed by atoms with van der Waals surface area (Å²) in [6.45, 7) is 2.06. The Hall–Kier alpha value is -1.61. The highest BCUT2D eigenvalue weighted by atomic mass is 79.9. The third kappa shape index (κ3) is 2.31. The molecule has 3 rings (SSSR count). The van der Waals surface area contributed by atoms with Gasteiger partial charge in [0, 0.05) is 10.9 Å². The molecular weight excluding hydrogens is 290 g/mol. The number of aryl methyl sites for hydroxylation is 1. The minimum Gasteiger partial charge on any atom is -0.440 e. The fraction of sp³-hybridized carbons (Fsp3) is 0.133. The molecule has 0 aliphatic rings. The van der Waals surface area contributed by atoms with E-state index in [1.807, 2.05) is 30.3 Å². The molecule has 0 atom stereocenters. The highest BCUT2D eigenvalue weighted by Crippen LogP contribution is 2.19. The van der Waals surface area contributed by atoms with E-state index >= 15 is 0 Å². The lowest BCUT2D eigenvalue weighted by Crippen LogP contribution is -1.87. The van der Waals surface area contributed by atoms with Crippen LogP contribution in [0.1, 0.15) is 17.0 Å². The lowest BCUT2D eigenvalue weighted by atomic mass is 10.1. The number of nitrogens with zero attached hydrogens (tertiary/aromatic N) is 1. The fourth-order valence-electron chi connectivity index (χ4n) is 1.94. The molecule has 1 aromatic heterocycles. The van der Waals surface area contributed by atoms with Crippen molar-refractivity contribution in [1.29, 1.82) is 0 Å². The standard InChI is InChI=1S/C15H12BrNO/c1-10-2-7-14-13(8-10)17-15(18-14)9-11-3-5-12(16)6-4-11/h2-8H,9H2,1H3. The predicted molar refractivity (Wildman–Crippen MR) is 75.7 cm³/mol. The summed E-state index contributed by atoms with van der Waals surface area (Å²) >= 11 is 3.43. The van der Waals surface area contributed by atoms with Crippen molar-refractivity contribution in [2.75, 3.05) is 0 Å². The van der Waals surface area contributed by atoms with Crippen LogP contribution in [-0.2, 0) is 6.42 Å². The normalized spacial score (nSPS) is 11.0. The Bertz CT molecular complexity index is 685. The van der Waals surface area contributed by atoms with Crippen molar-refractivity contribution in [2.45, 2.75) is 13.3 Å². The lowest BCUT2D eigenvalue weighted by Gasteiger charge is -1.96. The zero-order chi connectivity index (χ0) is 12.5. The molecule has 0 radical (unpaired) electrons. The van der Waals surface area contributed by atoms with Crippen molar-refractivity contribution in [3.8, 4) is 0 Å². The van der Waals surface area contributed by atoms with E-state index in [0.29, 0.717) is 0 Å². The third-order valence-corrected chi connectivity index (χ3v) is 3.38. The predicted octanol–water partition coefficient (Wildman–Crippen LogP) is 4.49. The van der Waals surface area contributed by atoms with E-state index in [4.69, 9.17) is 4.42 Å². The van der Waals surface area contributed by atoms with Gasteiger partial charge in [-0.3, -0.25) is 0 Å². The van der Waals surface area contributed by atoms with Gasteiger partial charge < -0.3 is 4.42 Å². The van der Waals surface area contributed by atoms with Crippen LogP contribution < -0.4 is 0 Å². The van der Waals surface area contributed by atoms with Crippen molar-refractivity contribution in [2.24, 2.45) is 0 Å². The maximum absolute atomic E-state index is 5.73. The van der Waals surface area contributed by atoms with Crippen LogP contribution in [0.3, 0.4) is 0 Å². The van der Waals surface area contributed by atoms with Crippen LogP contribution >= 0.6 is 15.9 Å². The molecule has 2 nitrogen and oxygen atoms in total. The van der Waals surface area contributed by atoms with Gasteiger partial charge in [0.1, 0.15) is 5.52 Å². The van der Waals surface area contributed by atoms with Crippen LogP contribution in [0.2, 0.25) is 0 Å². The topological polar surface area (TPSA) is 26.0 Å². The number of fused-ring (bicyclic) bond motifs is 1. The Morgan fingerprint density at radius 3 is 2.67 bits per heavy atom. The van der Waals surface area contributed by atoms with Gasteiger partial charge >= 0.3 is 0 Å². The van der Waals surface area contributed by atoms with Crippen LogP contribution in [0.4, 0.5) is 0 Å². The van der Waals surface area contributed by atoms with E-state index in [0.717, 1.165) is 27.9 Å². The molecular formula is C15H12BrNO. The highest BCUT2D eigenvalue weighted by Gasteiger charge is 2.06. The Kier molecular flexibility index (Phi) is 2.92. The van der Waals surface area contributed by atoms with Crippen molar-refractivity contribution in [1.82, 2.24) is 4.98 Å². The maximum Gasteiger partial charge on any atom is 0.199 e. The SMILES string of the molecule is Cc1ccc2oc(Cc3ccc(Br)cc3)nc2c1. The number of hydrogen-bond acceptors (Lipinski definition) is 2. The van der Waals surface area contributed by atoms with E-state index in [-0.39, 0.29) is 0 Å². The lowest BCUT2D eigenvalue weighted by molar-refractivity contribution is 0.544. The van der Waals surface area contributed by atoms with E-state index in [1.54, 1.807) is 0 Å². The van der Waals surface area contributed by atoms with E-state index in [9.17, 15) is 0 Å². The Morgan fingerprint density at radius 2 is 1.89 bits per heavy atom. The van der Waals surface area contributed by atoms with Crippen molar-refractivity contribution >= 4 is 27.0 Å². The van der Waals surface area contributed by atoms with Crippen LogP contribution in [0.25, 0.3) is 11.1 Å². The molecule has 0 N–H and O–H groups in total. The monoisotopic (exact) mass is 301 g/mol. The number of oxazole rings is 1. The van der Waals surface area contributed by atoms with Gasteiger partial charge in [-0.05, 0) is 42.3 Å². The zero-order valence-electron chi connectivity index (χ0n) is 9.98. The summed E-state index contributed by atoms with van der Waals surface area (Å²) in [5, 5.41) is 0. The summed E-state index contributed by atoms with van der Waals surface area (Å²) in [6, 6.07) is 14.3. The molecule has 3 aromatic rings. The Balaban J connectivity index is 1.92. The van der Waals surface area contributed by atoms with Crippen LogP contribution in [0.15, 0.2) is 51.4 Å². The average molecular weight is 302 g/mol. The van der Waals surface area contributed by atoms with Gasteiger partial charge in [0.2, 0.25) is 0 Å². The molecule has 0 aliphatic heterocycles. The maximum atomic E-state index is 5.73. The number of hydrogen-bond donors (Lipinski definition) is 0. The molecule has 0 fully saturated rings. The van der Waals surface area contributed by atoms with Crippen LogP contribution in [0, 0.1) is 6.92 Å². The molecule has 0 unspecified atom stereocenters. The van der Waals surface area contributed by atoms with E-state index < -0.39 is 0 Å². The summed E-state index contributed by atoms with van der Waals surface area (Å²) in [5.41, 5.74) is 4.18. The number of benzene rings is 2. The molecule has 0 amide bonds. The highest BCUT2D eigenvalue weighted by molar-refractivity contribution is 9.10. The second-order valence-electron chi connectivity index (χ2n) is 4.38. The van der Waals surface area contributed by atoms with Crippen LogP contribution in [0.5, 0.6) is 0 Å². The molecule has 90 valence electrons. The summed E-state index contributed by atoms with van der Waals surface area (Å²) in [6.07, 6.45) is 0.723. The molecule has 2 aromatic carbocycles.